The van der Waals surface area contributed by atoms with Crippen molar-refractivity contribution in [3.05, 3.63) is 30.1 Å². The van der Waals surface area contributed by atoms with E-state index in [1.807, 2.05) is 28.8 Å². The van der Waals surface area contributed by atoms with Crippen LogP contribution in [0.4, 0.5) is 0 Å². The van der Waals surface area contributed by atoms with Gasteiger partial charge in [0.2, 0.25) is 0 Å². The van der Waals surface area contributed by atoms with Gasteiger partial charge in [0.25, 0.3) is 0 Å². The van der Waals surface area contributed by atoms with Gasteiger partial charge in [-0.25, -0.2) is 0 Å². The van der Waals surface area contributed by atoms with Gasteiger partial charge >= 0.3 is 5.97 Å². The molecule has 6 nitrogen and oxygen atoms in total. The molecule has 0 bridgehead atoms. The van der Waals surface area contributed by atoms with E-state index in [0.29, 0.717) is 18.1 Å². The fourth-order valence-corrected chi connectivity index (χ4v) is 2.56. The molecule has 0 fully saturated rings. The topological polar surface area (TPSA) is 77.2 Å². The van der Waals surface area contributed by atoms with Gasteiger partial charge in [-0.05, 0) is 37.1 Å². The zero-order valence-electron chi connectivity index (χ0n) is 11.1. The monoisotopic (exact) mass is 273 g/mol. The van der Waals surface area contributed by atoms with E-state index in [0.717, 1.165) is 24.3 Å². The van der Waals surface area contributed by atoms with Crippen LogP contribution in [0.3, 0.4) is 0 Å². The van der Waals surface area contributed by atoms with E-state index in [4.69, 9.17) is 4.74 Å². The average Bonchev–Trinajstić information content (AvgIpc) is 2.91. The molecule has 1 aromatic heterocycles. The standard InChI is InChI=1S/C14H15N3O3/c1-20-10-6-4-9(5-7-10)12-15-16-13-11(14(18)19)3-2-8-17(12)13/h4-7,11H,2-3,8H2,1H3,(H,18,19). The fourth-order valence-electron chi connectivity index (χ4n) is 2.56. The predicted octanol–water partition coefficient (Wildman–Crippen LogP) is 1.92. The van der Waals surface area contributed by atoms with Gasteiger partial charge in [0.15, 0.2) is 5.82 Å². The second-order valence-electron chi connectivity index (χ2n) is 4.79. The van der Waals surface area contributed by atoms with E-state index in [-0.39, 0.29) is 0 Å². The van der Waals surface area contributed by atoms with Gasteiger partial charge in [0, 0.05) is 12.1 Å². The first-order valence-electron chi connectivity index (χ1n) is 6.51. The van der Waals surface area contributed by atoms with Crippen molar-refractivity contribution in [2.24, 2.45) is 0 Å². The lowest BCUT2D eigenvalue weighted by Gasteiger charge is -2.20. The average molecular weight is 273 g/mol. The predicted molar refractivity (Wildman–Crippen MR) is 71.6 cm³/mol. The number of carboxylic acids is 1. The van der Waals surface area contributed by atoms with Crippen molar-refractivity contribution >= 4 is 5.97 Å². The number of ether oxygens (including phenoxy) is 1. The number of carbonyl (C=O) groups is 1. The van der Waals surface area contributed by atoms with E-state index in [1.165, 1.54) is 0 Å². The zero-order chi connectivity index (χ0) is 14.1. The molecule has 104 valence electrons. The van der Waals surface area contributed by atoms with Gasteiger partial charge in [0.1, 0.15) is 17.5 Å². The molecule has 0 aliphatic carbocycles. The smallest absolute Gasteiger partial charge is 0.314 e. The second-order valence-corrected chi connectivity index (χ2v) is 4.79. The molecule has 20 heavy (non-hydrogen) atoms. The maximum atomic E-state index is 11.2. The molecule has 1 aromatic carbocycles. The number of hydrogen-bond acceptors (Lipinski definition) is 4. The van der Waals surface area contributed by atoms with Crippen LogP contribution in [0.5, 0.6) is 5.75 Å². The SMILES string of the molecule is COc1ccc(-c2nnc3n2CCCC3C(=O)O)cc1. The molecule has 1 aliphatic heterocycles. The summed E-state index contributed by atoms with van der Waals surface area (Å²) in [6.45, 7) is 0.757. The fraction of sp³-hybridized carbons (Fsp3) is 0.357. The van der Waals surface area contributed by atoms with Gasteiger partial charge in [-0.1, -0.05) is 0 Å². The normalized spacial score (nSPS) is 17.6. The Hall–Kier alpha value is -2.37. The maximum absolute atomic E-state index is 11.2. The Labute approximate surface area is 116 Å². The Morgan fingerprint density at radius 1 is 1.35 bits per heavy atom. The van der Waals surface area contributed by atoms with Crippen molar-refractivity contribution in [2.75, 3.05) is 7.11 Å². The molecular weight excluding hydrogens is 258 g/mol. The van der Waals surface area contributed by atoms with E-state index in [2.05, 4.69) is 10.2 Å². The van der Waals surface area contributed by atoms with Crippen LogP contribution >= 0.6 is 0 Å². The van der Waals surface area contributed by atoms with Crippen molar-refractivity contribution in [3.63, 3.8) is 0 Å². The maximum Gasteiger partial charge on any atom is 0.314 e. The number of hydrogen-bond donors (Lipinski definition) is 1. The third-order valence-corrected chi connectivity index (χ3v) is 3.61. The van der Waals surface area contributed by atoms with E-state index in [9.17, 15) is 9.90 Å². The summed E-state index contributed by atoms with van der Waals surface area (Å²) >= 11 is 0. The van der Waals surface area contributed by atoms with Crippen LogP contribution in [0.15, 0.2) is 24.3 Å². The highest BCUT2D eigenvalue weighted by Gasteiger charge is 2.30. The summed E-state index contributed by atoms with van der Waals surface area (Å²) in [4.78, 5) is 11.2. The van der Waals surface area contributed by atoms with Crippen LogP contribution in [-0.4, -0.2) is 33.0 Å². The van der Waals surface area contributed by atoms with Crippen LogP contribution in [0.25, 0.3) is 11.4 Å². The number of nitrogens with zero attached hydrogens (tertiary/aromatic N) is 3. The number of fused-ring (bicyclic) bond motifs is 1. The molecule has 0 saturated heterocycles. The molecule has 1 atom stereocenters. The van der Waals surface area contributed by atoms with Crippen molar-refractivity contribution in [2.45, 2.75) is 25.3 Å². The first-order chi connectivity index (χ1) is 9.70. The van der Waals surface area contributed by atoms with Crippen molar-refractivity contribution in [3.8, 4) is 17.1 Å². The summed E-state index contributed by atoms with van der Waals surface area (Å²) in [7, 11) is 1.62. The lowest BCUT2D eigenvalue weighted by Crippen LogP contribution is -2.22. The summed E-state index contributed by atoms with van der Waals surface area (Å²) in [5, 5.41) is 17.5. The molecule has 0 amide bonds. The number of aliphatic carboxylic acids is 1. The van der Waals surface area contributed by atoms with Gasteiger partial charge in [-0.2, -0.15) is 0 Å². The second kappa shape index (κ2) is 4.96. The Morgan fingerprint density at radius 3 is 2.75 bits per heavy atom. The molecule has 2 aromatic rings. The molecule has 3 rings (SSSR count). The third kappa shape index (κ3) is 2.03. The summed E-state index contributed by atoms with van der Waals surface area (Å²) in [5.41, 5.74) is 0.913. The lowest BCUT2D eigenvalue weighted by atomic mass is 9.99. The highest BCUT2D eigenvalue weighted by Crippen LogP contribution is 2.30. The van der Waals surface area contributed by atoms with Crippen LogP contribution in [0.2, 0.25) is 0 Å². The van der Waals surface area contributed by atoms with Gasteiger partial charge in [-0.15, -0.1) is 10.2 Å². The first-order valence-corrected chi connectivity index (χ1v) is 6.51. The largest absolute Gasteiger partial charge is 0.497 e. The van der Waals surface area contributed by atoms with Crippen molar-refractivity contribution in [1.29, 1.82) is 0 Å². The minimum absolute atomic E-state index is 0.551. The Balaban J connectivity index is 2.01. The zero-order valence-corrected chi connectivity index (χ0v) is 11.1. The highest BCUT2D eigenvalue weighted by molar-refractivity contribution is 5.75. The number of benzene rings is 1. The van der Waals surface area contributed by atoms with Crippen molar-refractivity contribution in [1.82, 2.24) is 14.8 Å². The molecule has 2 heterocycles. The number of rotatable bonds is 3. The highest BCUT2D eigenvalue weighted by atomic mass is 16.5. The Bertz CT molecular complexity index is 634. The lowest BCUT2D eigenvalue weighted by molar-refractivity contribution is -0.139. The number of aromatic nitrogens is 3. The first kappa shape index (κ1) is 12.7. The molecule has 0 radical (unpaired) electrons. The molecular formula is C14H15N3O3. The molecule has 6 heteroatoms. The van der Waals surface area contributed by atoms with Crippen LogP contribution < -0.4 is 4.74 Å². The van der Waals surface area contributed by atoms with Gasteiger partial charge < -0.3 is 14.4 Å². The van der Waals surface area contributed by atoms with E-state index < -0.39 is 11.9 Å². The van der Waals surface area contributed by atoms with E-state index in [1.54, 1.807) is 7.11 Å². The van der Waals surface area contributed by atoms with Crippen LogP contribution in [-0.2, 0) is 11.3 Å². The minimum atomic E-state index is -0.834. The molecule has 1 unspecified atom stereocenters. The molecule has 0 spiro atoms. The van der Waals surface area contributed by atoms with Crippen LogP contribution in [0.1, 0.15) is 24.6 Å². The Kier molecular flexibility index (Phi) is 3.14. The quantitative estimate of drug-likeness (QED) is 0.924. The summed E-state index contributed by atoms with van der Waals surface area (Å²) in [6, 6.07) is 7.52. The van der Waals surface area contributed by atoms with Crippen molar-refractivity contribution < 1.29 is 14.6 Å². The third-order valence-electron chi connectivity index (χ3n) is 3.61. The molecule has 1 N–H and O–H groups in total. The molecule has 1 aliphatic rings. The summed E-state index contributed by atoms with van der Waals surface area (Å²) < 4.78 is 7.03. The minimum Gasteiger partial charge on any atom is -0.497 e. The number of carboxylic acid groups (broad SMARTS) is 1. The van der Waals surface area contributed by atoms with Gasteiger partial charge in [0.05, 0.1) is 7.11 Å². The van der Waals surface area contributed by atoms with Crippen LogP contribution in [0, 0.1) is 0 Å². The summed E-state index contributed by atoms with van der Waals surface area (Å²) in [6.07, 6.45) is 1.45. The Morgan fingerprint density at radius 2 is 2.10 bits per heavy atom. The molecule has 0 saturated carbocycles. The van der Waals surface area contributed by atoms with Gasteiger partial charge in [-0.3, -0.25) is 4.79 Å². The summed E-state index contributed by atoms with van der Waals surface area (Å²) in [5.74, 6) is 0.654. The number of methoxy groups -OCH3 is 1. The van der Waals surface area contributed by atoms with E-state index >= 15 is 0 Å².